The number of hydrogen-bond acceptors (Lipinski definition) is 5. The first-order valence-corrected chi connectivity index (χ1v) is 8.73. The zero-order valence-electron chi connectivity index (χ0n) is 15.7. The van der Waals surface area contributed by atoms with Gasteiger partial charge in [-0.3, -0.25) is 4.79 Å². The van der Waals surface area contributed by atoms with Crippen molar-refractivity contribution in [3.8, 4) is 6.07 Å². The minimum Gasteiger partial charge on any atom is -0.466 e. The van der Waals surface area contributed by atoms with Crippen molar-refractivity contribution in [2.45, 2.75) is 39.7 Å². The number of anilines is 1. The Morgan fingerprint density at radius 3 is 2.92 bits per heavy atom. The molecule has 3 rings (SSSR count). The number of hydrogen-bond donors (Lipinski definition) is 1. The minimum atomic E-state index is -0.0637. The van der Waals surface area contributed by atoms with E-state index in [0.29, 0.717) is 11.4 Å². The molecule has 1 N–H and O–H groups in total. The van der Waals surface area contributed by atoms with Gasteiger partial charge >= 0.3 is 0 Å². The van der Waals surface area contributed by atoms with Crippen molar-refractivity contribution in [2.24, 2.45) is 5.41 Å². The molecule has 1 aliphatic carbocycles. The Bertz CT molecular complexity index is 846. The number of nitrogens with zero attached hydrogens (tertiary/aromatic N) is 3. The molecule has 1 amide bonds. The molecule has 2 aromatic heterocycles. The van der Waals surface area contributed by atoms with Crippen molar-refractivity contribution < 1.29 is 9.21 Å². The number of furan rings is 1. The monoisotopic (exact) mass is 352 g/mol. The van der Waals surface area contributed by atoms with Crippen LogP contribution in [-0.4, -0.2) is 24.5 Å². The fourth-order valence-corrected chi connectivity index (χ4v) is 3.53. The van der Waals surface area contributed by atoms with Crippen LogP contribution >= 0.6 is 0 Å². The highest BCUT2D eigenvalue weighted by Crippen LogP contribution is 2.41. The van der Waals surface area contributed by atoms with Crippen molar-refractivity contribution >= 4 is 11.7 Å². The van der Waals surface area contributed by atoms with Crippen LogP contribution in [0.15, 0.2) is 28.8 Å². The van der Waals surface area contributed by atoms with Gasteiger partial charge in [-0.2, -0.15) is 5.26 Å². The number of likely N-dealkylation sites (N-methyl/N-ethyl adjacent to an activating group) is 1. The Hall–Kier alpha value is -2.81. The SMILES string of the molecule is Cc1cc2c(o1)CC(C)(C)CC2NC(=O)CN(C)c1ccc(C#N)cn1. The zero-order chi connectivity index (χ0) is 18.9. The van der Waals surface area contributed by atoms with Gasteiger partial charge in [-0.1, -0.05) is 13.8 Å². The average molecular weight is 352 g/mol. The lowest BCUT2D eigenvalue weighted by molar-refractivity contribution is -0.120. The highest BCUT2D eigenvalue weighted by Gasteiger charge is 2.35. The second-order valence-corrected chi connectivity index (χ2v) is 7.77. The third kappa shape index (κ3) is 3.88. The lowest BCUT2D eigenvalue weighted by Gasteiger charge is -2.35. The van der Waals surface area contributed by atoms with E-state index in [-0.39, 0.29) is 23.9 Å². The molecule has 0 bridgehead atoms. The average Bonchev–Trinajstić information content (AvgIpc) is 2.93. The molecule has 0 aromatic carbocycles. The fraction of sp³-hybridized carbons (Fsp3) is 0.450. The first-order valence-electron chi connectivity index (χ1n) is 8.73. The Balaban J connectivity index is 1.68. The number of carbonyl (C=O) groups is 1. The normalized spacial score (nSPS) is 17.9. The molecule has 6 nitrogen and oxygen atoms in total. The minimum absolute atomic E-state index is 0.0407. The Labute approximate surface area is 153 Å². The molecule has 1 aliphatic rings. The summed E-state index contributed by atoms with van der Waals surface area (Å²) in [4.78, 5) is 18.6. The Morgan fingerprint density at radius 1 is 1.50 bits per heavy atom. The third-order valence-corrected chi connectivity index (χ3v) is 4.72. The fourth-order valence-electron chi connectivity index (χ4n) is 3.53. The maximum Gasteiger partial charge on any atom is 0.240 e. The van der Waals surface area contributed by atoms with Gasteiger partial charge in [0.25, 0.3) is 0 Å². The number of aryl methyl sites for hydroxylation is 1. The highest BCUT2D eigenvalue weighted by molar-refractivity contribution is 5.81. The second kappa shape index (κ2) is 6.83. The van der Waals surface area contributed by atoms with Crippen molar-refractivity contribution in [1.82, 2.24) is 10.3 Å². The molecule has 0 radical (unpaired) electrons. The van der Waals surface area contributed by atoms with Crippen molar-refractivity contribution in [1.29, 1.82) is 5.26 Å². The summed E-state index contributed by atoms with van der Waals surface area (Å²) in [6.07, 6.45) is 3.27. The van der Waals surface area contributed by atoms with Crippen LogP contribution < -0.4 is 10.2 Å². The molecule has 1 unspecified atom stereocenters. The summed E-state index contributed by atoms with van der Waals surface area (Å²) in [5.41, 5.74) is 1.67. The number of aromatic nitrogens is 1. The summed E-state index contributed by atoms with van der Waals surface area (Å²) < 4.78 is 5.83. The maximum atomic E-state index is 12.6. The van der Waals surface area contributed by atoms with Gasteiger partial charge in [-0.15, -0.1) is 0 Å². The molecule has 26 heavy (non-hydrogen) atoms. The van der Waals surface area contributed by atoms with Crippen molar-refractivity contribution in [3.63, 3.8) is 0 Å². The van der Waals surface area contributed by atoms with Crippen molar-refractivity contribution in [2.75, 3.05) is 18.5 Å². The third-order valence-electron chi connectivity index (χ3n) is 4.72. The molecule has 1 atom stereocenters. The summed E-state index contributed by atoms with van der Waals surface area (Å²) >= 11 is 0. The number of carbonyl (C=O) groups excluding carboxylic acids is 1. The predicted octanol–water partition coefficient (Wildman–Crippen LogP) is 3.12. The van der Waals surface area contributed by atoms with Crippen LogP contribution in [0.3, 0.4) is 0 Å². The molecule has 0 spiro atoms. The summed E-state index contributed by atoms with van der Waals surface area (Å²) in [6, 6.07) is 7.46. The zero-order valence-corrected chi connectivity index (χ0v) is 15.7. The largest absolute Gasteiger partial charge is 0.466 e. The number of nitrogens with one attached hydrogen (secondary N) is 1. The smallest absolute Gasteiger partial charge is 0.240 e. The molecule has 2 heterocycles. The molecule has 6 heteroatoms. The van der Waals surface area contributed by atoms with E-state index < -0.39 is 0 Å². The van der Waals surface area contributed by atoms with Gasteiger partial charge in [0.1, 0.15) is 23.4 Å². The quantitative estimate of drug-likeness (QED) is 0.914. The van der Waals surface area contributed by atoms with E-state index in [1.807, 2.05) is 26.1 Å². The van der Waals surface area contributed by atoms with E-state index in [0.717, 1.165) is 29.9 Å². The summed E-state index contributed by atoms with van der Waals surface area (Å²) in [5.74, 6) is 2.45. The van der Waals surface area contributed by atoms with E-state index in [9.17, 15) is 4.79 Å². The lowest BCUT2D eigenvalue weighted by atomic mass is 9.74. The molecule has 0 fully saturated rings. The molecule has 2 aromatic rings. The van der Waals surface area contributed by atoms with E-state index in [1.165, 1.54) is 6.20 Å². The molecular formula is C20H24N4O2. The number of rotatable bonds is 4. The lowest BCUT2D eigenvalue weighted by Crippen LogP contribution is -2.40. The summed E-state index contributed by atoms with van der Waals surface area (Å²) in [7, 11) is 1.81. The van der Waals surface area contributed by atoms with Crippen LogP contribution in [0.4, 0.5) is 5.82 Å². The number of pyridine rings is 1. The molecular weight excluding hydrogens is 328 g/mol. The summed E-state index contributed by atoms with van der Waals surface area (Å²) in [6.45, 7) is 6.52. The van der Waals surface area contributed by atoms with Crippen LogP contribution in [0.2, 0.25) is 0 Å². The van der Waals surface area contributed by atoms with Gasteiger partial charge in [-0.05, 0) is 37.0 Å². The van der Waals surface area contributed by atoms with Gasteiger partial charge in [0.15, 0.2) is 0 Å². The van der Waals surface area contributed by atoms with E-state index in [4.69, 9.17) is 9.68 Å². The van der Waals surface area contributed by atoms with Crippen LogP contribution in [0.5, 0.6) is 0 Å². The van der Waals surface area contributed by atoms with Gasteiger partial charge in [0, 0.05) is 25.2 Å². The summed E-state index contributed by atoms with van der Waals surface area (Å²) in [5, 5.41) is 12.0. The highest BCUT2D eigenvalue weighted by atomic mass is 16.3. The number of nitriles is 1. The molecule has 0 saturated carbocycles. The Morgan fingerprint density at radius 2 is 2.27 bits per heavy atom. The van der Waals surface area contributed by atoms with E-state index in [2.05, 4.69) is 24.1 Å². The van der Waals surface area contributed by atoms with Crippen LogP contribution in [0, 0.1) is 23.7 Å². The van der Waals surface area contributed by atoms with Gasteiger partial charge in [0.2, 0.25) is 5.91 Å². The van der Waals surface area contributed by atoms with E-state index >= 15 is 0 Å². The van der Waals surface area contributed by atoms with Crippen LogP contribution in [0.25, 0.3) is 0 Å². The van der Waals surface area contributed by atoms with Crippen LogP contribution in [-0.2, 0) is 11.2 Å². The number of amides is 1. The standard InChI is InChI=1S/C20H24N4O2/c1-13-7-15-16(8-20(2,3)9-17(15)26-13)23-19(25)12-24(4)18-6-5-14(10-21)11-22-18/h5-7,11,16H,8-9,12H2,1-4H3,(H,23,25). The van der Waals surface area contributed by atoms with Gasteiger partial charge in [0.05, 0.1) is 18.2 Å². The van der Waals surface area contributed by atoms with Crippen LogP contribution in [0.1, 0.15) is 49.0 Å². The second-order valence-electron chi connectivity index (χ2n) is 7.77. The molecule has 0 aliphatic heterocycles. The maximum absolute atomic E-state index is 12.6. The van der Waals surface area contributed by atoms with Gasteiger partial charge < -0.3 is 14.6 Å². The Kier molecular flexibility index (Phi) is 4.73. The molecule has 136 valence electrons. The molecule has 0 saturated heterocycles. The topological polar surface area (TPSA) is 82.2 Å². The van der Waals surface area contributed by atoms with Gasteiger partial charge in [-0.25, -0.2) is 4.98 Å². The number of fused-ring (bicyclic) bond motifs is 1. The first-order chi connectivity index (χ1) is 12.3. The predicted molar refractivity (Wildman–Crippen MR) is 98.7 cm³/mol. The first kappa shape index (κ1) is 18.0. The van der Waals surface area contributed by atoms with Crippen molar-refractivity contribution in [3.05, 3.63) is 47.0 Å². The van der Waals surface area contributed by atoms with E-state index in [1.54, 1.807) is 17.0 Å².